The average molecular weight is 707 g/mol. The first-order valence-electron chi connectivity index (χ1n) is 13.1. The molecule has 4 nitrogen and oxygen atoms in total. The van der Waals surface area contributed by atoms with E-state index in [1.807, 2.05) is 97.1 Å². The number of pyridine rings is 1. The van der Waals surface area contributed by atoms with Gasteiger partial charge in [-0.1, -0.05) is 110 Å². The summed E-state index contributed by atoms with van der Waals surface area (Å²) in [5.41, 5.74) is 5.87. The second kappa shape index (κ2) is 13.2. The van der Waals surface area contributed by atoms with Crippen LogP contribution in [0, 0.1) is 6.07 Å². The summed E-state index contributed by atoms with van der Waals surface area (Å²) >= 11 is 0. The summed E-state index contributed by atoms with van der Waals surface area (Å²) in [5.74, 6) is 1.81. The molecule has 6 rings (SSSR count). The SMILES string of the molecule is CC1(C)c2ccccc2Oc2c[c-]c(-c3ccccn3)cc21.OC(CC(O)c1ccccc1)c1ccccc1.[Ir]. The number of hydrogen-bond donors (Lipinski definition) is 2. The van der Waals surface area contributed by atoms with E-state index in [4.69, 9.17) is 4.74 Å². The zero-order valence-corrected chi connectivity index (χ0v) is 24.9. The number of para-hydroxylation sites is 1. The van der Waals surface area contributed by atoms with Gasteiger partial charge in [0.25, 0.3) is 0 Å². The van der Waals surface area contributed by atoms with Gasteiger partial charge in [0.05, 0.1) is 12.2 Å². The number of aliphatic hydroxyl groups is 2. The molecular weight excluding hydrogens is 675 g/mol. The summed E-state index contributed by atoms with van der Waals surface area (Å²) in [7, 11) is 0. The molecule has 4 aromatic carbocycles. The second-order valence-corrected chi connectivity index (χ2v) is 10.2. The predicted molar refractivity (Wildman–Crippen MR) is 155 cm³/mol. The van der Waals surface area contributed by atoms with Crippen molar-refractivity contribution in [2.24, 2.45) is 0 Å². The first-order chi connectivity index (χ1) is 18.9. The number of fused-ring (bicyclic) bond motifs is 2. The van der Waals surface area contributed by atoms with Crippen LogP contribution in [0.5, 0.6) is 11.5 Å². The fourth-order valence-corrected chi connectivity index (χ4v) is 4.89. The molecule has 1 radical (unpaired) electrons. The first kappa shape index (κ1) is 29.4. The largest absolute Gasteiger partial charge is 0.501 e. The van der Waals surface area contributed by atoms with Crippen molar-refractivity contribution in [3.05, 3.63) is 150 Å². The number of aliphatic hydroxyl groups excluding tert-OH is 2. The third-order valence-corrected chi connectivity index (χ3v) is 7.12. The standard InChI is InChI=1S/C20H16NO.C15H16O2.Ir/c1-20(2)15-7-3-4-9-18(15)22-19-11-10-14(13-16(19)20)17-8-5-6-12-21-17;16-14(12-7-3-1-4-8-12)11-15(17)13-9-5-2-6-10-13;/h3-9,11-13H,1-2H3;1-10,14-17H,11H2;/q-1;;. The van der Waals surface area contributed by atoms with Crippen molar-refractivity contribution in [2.75, 3.05) is 0 Å². The molecule has 1 aromatic heterocycles. The maximum Gasteiger partial charge on any atom is 0.118 e. The van der Waals surface area contributed by atoms with Gasteiger partial charge in [0.1, 0.15) is 5.75 Å². The van der Waals surface area contributed by atoms with E-state index in [0.717, 1.165) is 33.9 Å². The van der Waals surface area contributed by atoms with Gasteiger partial charge in [-0.15, -0.1) is 23.8 Å². The van der Waals surface area contributed by atoms with Gasteiger partial charge in [0.15, 0.2) is 0 Å². The van der Waals surface area contributed by atoms with Crippen LogP contribution in [0.15, 0.2) is 121 Å². The molecule has 5 aromatic rings. The number of benzene rings is 4. The van der Waals surface area contributed by atoms with E-state index >= 15 is 0 Å². The van der Waals surface area contributed by atoms with E-state index in [0.29, 0.717) is 6.42 Å². The molecule has 1 aliphatic heterocycles. The number of nitrogens with zero attached hydrogens (tertiary/aromatic N) is 1. The summed E-state index contributed by atoms with van der Waals surface area (Å²) in [6.45, 7) is 4.46. The fraction of sp³-hybridized carbons (Fsp3) is 0.171. The van der Waals surface area contributed by atoms with Crippen LogP contribution in [0.1, 0.15) is 54.7 Å². The van der Waals surface area contributed by atoms with Gasteiger partial charge in [-0.25, -0.2) is 0 Å². The number of aromatic nitrogens is 1. The van der Waals surface area contributed by atoms with E-state index in [1.54, 1.807) is 6.20 Å². The van der Waals surface area contributed by atoms with Gasteiger partial charge in [0, 0.05) is 49.5 Å². The Morgan fingerprint density at radius 1 is 0.725 bits per heavy atom. The maximum atomic E-state index is 9.99. The molecule has 5 heteroatoms. The van der Waals surface area contributed by atoms with E-state index < -0.39 is 12.2 Å². The zero-order chi connectivity index (χ0) is 27.2. The van der Waals surface area contributed by atoms with Gasteiger partial charge in [-0.05, 0) is 29.0 Å². The van der Waals surface area contributed by atoms with Crippen molar-refractivity contribution in [3.8, 4) is 22.8 Å². The van der Waals surface area contributed by atoms with E-state index in [9.17, 15) is 10.2 Å². The van der Waals surface area contributed by atoms with Gasteiger partial charge in [0.2, 0.25) is 0 Å². The molecule has 0 saturated carbocycles. The minimum Gasteiger partial charge on any atom is -0.501 e. The van der Waals surface area contributed by atoms with Crippen LogP contribution >= 0.6 is 0 Å². The van der Waals surface area contributed by atoms with Crippen LogP contribution in [-0.2, 0) is 25.5 Å². The maximum absolute atomic E-state index is 9.99. The molecule has 0 fully saturated rings. The Kier molecular flexibility index (Phi) is 9.67. The van der Waals surface area contributed by atoms with Crippen LogP contribution in [0.2, 0.25) is 0 Å². The summed E-state index contributed by atoms with van der Waals surface area (Å²) < 4.78 is 6.05. The second-order valence-electron chi connectivity index (χ2n) is 10.2. The fourth-order valence-electron chi connectivity index (χ4n) is 4.89. The molecule has 205 valence electrons. The van der Waals surface area contributed by atoms with Crippen molar-refractivity contribution in [2.45, 2.75) is 37.9 Å². The molecule has 0 saturated heterocycles. The average Bonchev–Trinajstić information content (AvgIpc) is 2.99. The van der Waals surface area contributed by atoms with E-state index in [1.165, 1.54) is 11.1 Å². The van der Waals surface area contributed by atoms with Gasteiger partial charge >= 0.3 is 0 Å². The van der Waals surface area contributed by atoms with E-state index in [-0.39, 0.29) is 25.5 Å². The zero-order valence-electron chi connectivity index (χ0n) is 22.5. The molecule has 2 N–H and O–H groups in total. The first-order valence-corrected chi connectivity index (χ1v) is 13.1. The summed E-state index contributed by atoms with van der Waals surface area (Å²) in [4.78, 5) is 4.42. The Labute approximate surface area is 249 Å². The summed E-state index contributed by atoms with van der Waals surface area (Å²) in [6.07, 6.45) is 0.853. The molecule has 40 heavy (non-hydrogen) atoms. The Morgan fingerprint density at radius 3 is 1.90 bits per heavy atom. The van der Waals surface area contributed by atoms with Crippen LogP contribution in [0.25, 0.3) is 11.3 Å². The molecule has 0 spiro atoms. The molecule has 2 heterocycles. The third-order valence-electron chi connectivity index (χ3n) is 7.12. The predicted octanol–water partition coefficient (Wildman–Crippen LogP) is 7.82. The minimum atomic E-state index is -0.633. The van der Waals surface area contributed by atoms with Crippen molar-refractivity contribution >= 4 is 0 Å². The number of rotatable bonds is 5. The third kappa shape index (κ3) is 6.57. The molecule has 0 amide bonds. The summed E-state index contributed by atoms with van der Waals surface area (Å²) in [5, 5.41) is 20.0. The smallest absolute Gasteiger partial charge is 0.118 e. The normalized spacial score (nSPS) is 14.1. The van der Waals surface area contributed by atoms with Crippen LogP contribution in [-0.4, -0.2) is 15.2 Å². The van der Waals surface area contributed by atoms with Crippen molar-refractivity contribution in [1.29, 1.82) is 0 Å². The van der Waals surface area contributed by atoms with Gasteiger partial charge in [-0.2, -0.15) is 0 Å². The Bertz CT molecular complexity index is 1460. The van der Waals surface area contributed by atoms with Crippen LogP contribution < -0.4 is 4.74 Å². The Hall–Kier alpha value is -3.60. The van der Waals surface area contributed by atoms with Gasteiger partial charge < -0.3 is 19.9 Å². The molecular formula is C35H32IrNO3-. The molecule has 2 atom stereocenters. The van der Waals surface area contributed by atoms with Crippen molar-refractivity contribution in [1.82, 2.24) is 4.98 Å². The minimum absolute atomic E-state index is 0. The van der Waals surface area contributed by atoms with Gasteiger partial charge in [-0.3, -0.25) is 0 Å². The Morgan fingerprint density at radius 2 is 1.30 bits per heavy atom. The Balaban J connectivity index is 0.000000187. The quantitative estimate of drug-likeness (QED) is 0.183. The molecule has 2 unspecified atom stereocenters. The number of hydrogen-bond acceptors (Lipinski definition) is 4. The van der Waals surface area contributed by atoms with Crippen LogP contribution in [0.4, 0.5) is 0 Å². The van der Waals surface area contributed by atoms with Crippen LogP contribution in [0.3, 0.4) is 0 Å². The number of ether oxygens (including phenoxy) is 1. The summed E-state index contributed by atoms with van der Waals surface area (Å²) in [6, 6.07) is 40.3. The molecule has 1 aliphatic rings. The molecule has 0 bridgehead atoms. The van der Waals surface area contributed by atoms with Crippen molar-refractivity contribution in [3.63, 3.8) is 0 Å². The molecule has 0 aliphatic carbocycles. The van der Waals surface area contributed by atoms with Crippen molar-refractivity contribution < 1.29 is 35.1 Å². The monoisotopic (exact) mass is 707 g/mol. The van der Waals surface area contributed by atoms with E-state index in [2.05, 4.69) is 43.1 Å². The topological polar surface area (TPSA) is 62.6 Å².